The van der Waals surface area contributed by atoms with Crippen LogP contribution in [0.3, 0.4) is 0 Å². The number of pyridine rings is 1. The van der Waals surface area contributed by atoms with Gasteiger partial charge in [-0.15, -0.1) is 0 Å². The van der Waals surface area contributed by atoms with E-state index in [-0.39, 0.29) is 24.6 Å². The number of benzene rings is 1. The van der Waals surface area contributed by atoms with E-state index < -0.39 is 4.92 Å². The Morgan fingerprint density at radius 1 is 1.45 bits per heavy atom. The molecule has 0 amide bonds. The van der Waals surface area contributed by atoms with Gasteiger partial charge in [-0.25, -0.2) is 0 Å². The SMILES string of the molecule is COC(=O)CCNc1ccc2ncccc2c1[N+](=O)[O-]. The van der Waals surface area contributed by atoms with Gasteiger partial charge in [-0.05, 0) is 24.3 Å². The predicted molar refractivity (Wildman–Crippen MR) is 73.5 cm³/mol. The Kier molecular flexibility index (Phi) is 4.09. The van der Waals surface area contributed by atoms with E-state index in [9.17, 15) is 14.9 Å². The van der Waals surface area contributed by atoms with Gasteiger partial charge in [0.05, 0.1) is 29.4 Å². The molecule has 7 heteroatoms. The summed E-state index contributed by atoms with van der Waals surface area (Å²) in [6, 6.07) is 6.58. The van der Waals surface area contributed by atoms with Crippen LogP contribution in [0.4, 0.5) is 11.4 Å². The number of nitrogens with one attached hydrogen (secondary N) is 1. The highest BCUT2D eigenvalue weighted by molar-refractivity contribution is 5.94. The summed E-state index contributed by atoms with van der Waals surface area (Å²) in [5, 5.41) is 14.6. The van der Waals surface area contributed by atoms with Gasteiger partial charge in [-0.3, -0.25) is 19.9 Å². The van der Waals surface area contributed by atoms with Gasteiger partial charge in [-0.1, -0.05) is 0 Å². The number of nitro groups is 1. The molecule has 20 heavy (non-hydrogen) atoms. The zero-order chi connectivity index (χ0) is 14.5. The van der Waals surface area contributed by atoms with Gasteiger partial charge < -0.3 is 10.1 Å². The summed E-state index contributed by atoms with van der Waals surface area (Å²) >= 11 is 0. The average Bonchev–Trinajstić information content (AvgIpc) is 2.46. The number of ether oxygens (including phenoxy) is 1. The normalized spacial score (nSPS) is 10.2. The van der Waals surface area contributed by atoms with E-state index >= 15 is 0 Å². The first kappa shape index (κ1) is 13.7. The molecule has 0 aliphatic carbocycles. The van der Waals surface area contributed by atoms with Gasteiger partial charge in [0.1, 0.15) is 5.69 Å². The maximum atomic E-state index is 11.2. The zero-order valence-electron chi connectivity index (χ0n) is 10.8. The summed E-state index contributed by atoms with van der Waals surface area (Å²) in [5.74, 6) is -0.373. The van der Waals surface area contributed by atoms with Crippen LogP contribution in [-0.4, -0.2) is 29.5 Å². The Labute approximate surface area is 114 Å². The summed E-state index contributed by atoms with van der Waals surface area (Å²) in [6.45, 7) is 0.263. The van der Waals surface area contributed by atoms with E-state index in [0.717, 1.165) is 0 Å². The lowest BCUT2D eigenvalue weighted by atomic mass is 10.1. The summed E-state index contributed by atoms with van der Waals surface area (Å²) in [6.07, 6.45) is 1.72. The number of fused-ring (bicyclic) bond motifs is 1. The Balaban J connectivity index is 2.31. The molecule has 1 aromatic heterocycles. The van der Waals surface area contributed by atoms with Crippen molar-refractivity contribution in [3.63, 3.8) is 0 Å². The fourth-order valence-electron chi connectivity index (χ4n) is 1.88. The van der Waals surface area contributed by atoms with Crippen LogP contribution in [0.1, 0.15) is 6.42 Å². The number of hydrogen-bond donors (Lipinski definition) is 1. The molecule has 0 saturated heterocycles. The van der Waals surface area contributed by atoms with E-state index in [1.165, 1.54) is 7.11 Å². The molecule has 1 heterocycles. The van der Waals surface area contributed by atoms with E-state index in [1.807, 2.05) is 0 Å². The molecule has 0 atom stereocenters. The molecule has 2 aromatic rings. The number of esters is 1. The fourth-order valence-corrected chi connectivity index (χ4v) is 1.88. The number of anilines is 1. The largest absolute Gasteiger partial charge is 0.469 e. The van der Waals surface area contributed by atoms with Crippen molar-refractivity contribution in [3.05, 3.63) is 40.6 Å². The number of hydrogen-bond acceptors (Lipinski definition) is 6. The molecule has 1 N–H and O–H groups in total. The molecule has 1 aromatic carbocycles. The summed E-state index contributed by atoms with van der Waals surface area (Å²) in [5.41, 5.74) is 0.873. The highest BCUT2D eigenvalue weighted by Crippen LogP contribution is 2.32. The maximum Gasteiger partial charge on any atom is 0.307 e. The molecule has 7 nitrogen and oxygen atoms in total. The number of carbonyl (C=O) groups excluding carboxylic acids is 1. The van der Waals surface area contributed by atoms with Crippen molar-refractivity contribution in [2.24, 2.45) is 0 Å². The molecule has 0 saturated carbocycles. The van der Waals surface area contributed by atoms with Crippen LogP contribution < -0.4 is 5.32 Å². The number of nitro benzene ring substituents is 1. The molecule has 0 aliphatic rings. The van der Waals surface area contributed by atoms with E-state index in [4.69, 9.17) is 0 Å². The van der Waals surface area contributed by atoms with Crippen LogP contribution in [0.15, 0.2) is 30.5 Å². The monoisotopic (exact) mass is 275 g/mol. The lowest BCUT2D eigenvalue weighted by Gasteiger charge is -2.08. The second kappa shape index (κ2) is 5.96. The molecule has 0 radical (unpaired) electrons. The van der Waals surface area contributed by atoms with E-state index in [0.29, 0.717) is 16.6 Å². The van der Waals surface area contributed by atoms with Crippen molar-refractivity contribution in [2.45, 2.75) is 6.42 Å². The number of aromatic nitrogens is 1. The van der Waals surface area contributed by atoms with E-state index in [1.54, 1.807) is 30.5 Å². The first-order chi connectivity index (χ1) is 9.63. The van der Waals surface area contributed by atoms with Crippen LogP contribution in [-0.2, 0) is 9.53 Å². The molecule has 0 fully saturated rings. The number of methoxy groups -OCH3 is 1. The molecule has 0 bridgehead atoms. The maximum absolute atomic E-state index is 11.2. The summed E-state index contributed by atoms with van der Waals surface area (Å²) in [7, 11) is 1.30. The molecule has 2 rings (SSSR count). The predicted octanol–water partition coefficient (Wildman–Crippen LogP) is 2.12. The lowest BCUT2D eigenvalue weighted by Crippen LogP contribution is -2.10. The smallest absolute Gasteiger partial charge is 0.307 e. The topological polar surface area (TPSA) is 94.4 Å². The van der Waals surface area contributed by atoms with Crippen LogP contribution in [0.2, 0.25) is 0 Å². The van der Waals surface area contributed by atoms with Crippen molar-refractivity contribution in [3.8, 4) is 0 Å². The Morgan fingerprint density at radius 3 is 2.95 bits per heavy atom. The second-order valence-electron chi connectivity index (χ2n) is 4.04. The first-order valence-electron chi connectivity index (χ1n) is 5.96. The van der Waals surface area contributed by atoms with E-state index in [2.05, 4.69) is 15.0 Å². The van der Waals surface area contributed by atoms with Crippen LogP contribution in [0, 0.1) is 10.1 Å². The van der Waals surface area contributed by atoms with Crippen LogP contribution in [0.25, 0.3) is 10.9 Å². The zero-order valence-corrected chi connectivity index (χ0v) is 10.8. The molecule has 104 valence electrons. The highest BCUT2D eigenvalue weighted by Gasteiger charge is 2.18. The van der Waals surface area contributed by atoms with Gasteiger partial charge in [0.2, 0.25) is 0 Å². The summed E-state index contributed by atoms with van der Waals surface area (Å²) in [4.78, 5) is 25.9. The minimum Gasteiger partial charge on any atom is -0.469 e. The van der Waals surface area contributed by atoms with Crippen molar-refractivity contribution < 1.29 is 14.5 Å². The summed E-state index contributed by atoms with van der Waals surface area (Å²) < 4.78 is 4.51. The molecular formula is C13H13N3O4. The van der Waals surface area contributed by atoms with Gasteiger partial charge in [0.25, 0.3) is 0 Å². The van der Waals surface area contributed by atoms with Gasteiger partial charge in [0.15, 0.2) is 0 Å². The van der Waals surface area contributed by atoms with Crippen molar-refractivity contribution in [2.75, 3.05) is 19.0 Å². The minimum absolute atomic E-state index is 0.0412. The standard InChI is InChI=1S/C13H13N3O4/c1-20-12(17)6-8-15-11-5-4-10-9(3-2-7-14-10)13(11)16(18)19/h2-5,7,15H,6,8H2,1H3. The minimum atomic E-state index is -0.454. The van der Waals surface area contributed by atoms with Gasteiger partial charge in [0, 0.05) is 12.7 Å². The quantitative estimate of drug-likeness (QED) is 0.510. The van der Waals surface area contributed by atoms with Crippen LogP contribution in [0.5, 0.6) is 0 Å². The molecule has 0 unspecified atom stereocenters. The molecule has 0 aliphatic heterocycles. The van der Waals surface area contributed by atoms with Gasteiger partial charge in [-0.2, -0.15) is 0 Å². The van der Waals surface area contributed by atoms with Gasteiger partial charge >= 0.3 is 11.7 Å². The Morgan fingerprint density at radius 2 is 2.25 bits per heavy atom. The highest BCUT2D eigenvalue weighted by atomic mass is 16.6. The Hall–Kier alpha value is -2.70. The second-order valence-corrected chi connectivity index (χ2v) is 4.04. The number of carbonyl (C=O) groups is 1. The van der Waals surface area contributed by atoms with Crippen molar-refractivity contribution >= 4 is 28.2 Å². The first-order valence-corrected chi connectivity index (χ1v) is 5.96. The third kappa shape index (κ3) is 2.82. The van der Waals surface area contributed by atoms with Crippen molar-refractivity contribution in [1.82, 2.24) is 4.98 Å². The molecule has 0 spiro atoms. The third-order valence-corrected chi connectivity index (χ3v) is 2.81. The fraction of sp³-hybridized carbons (Fsp3) is 0.231. The molecular weight excluding hydrogens is 262 g/mol. The lowest BCUT2D eigenvalue weighted by molar-refractivity contribution is -0.382. The van der Waals surface area contributed by atoms with Crippen molar-refractivity contribution in [1.29, 1.82) is 0 Å². The Bertz CT molecular complexity index is 657. The number of nitrogens with zero attached hydrogens (tertiary/aromatic N) is 2. The third-order valence-electron chi connectivity index (χ3n) is 2.81. The number of rotatable bonds is 5. The van der Waals surface area contributed by atoms with Crippen LogP contribution >= 0.6 is 0 Å². The average molecular weight is 275 g/mol.